The van der Waals surface area contributed by atoms with Gasteiger partial charge < -0.3 is 19.1 Å². The number of carbonyl (C=O) groups excluding carboxylic acids is 2. The number of fused-ring (bicyclic) bond motifs is 1. The Hall–Kier alpha value is -2.86. The summed E-state index contributed by atoms with van der Waals surface area (Å²) in [5.74, 6) is 0.0487. The fraction of sp³-hybridized carbons (Fsp3) is 0.417. The normalized spacial score (nSPS) is 22.9. The SMILES string of the molecule is COc1ccccc1CN(CC1CCCO1)C(=O)C1(C)Cc2ccccc2C(=O)O1. The lowest BCUT2D eigenvalue weighted by Gasteiger charge is -2.38. The minimum Gasteiger partial charge on any atom is -0.496 e. The molecule has 0 aliphatic carbocycles. The summed E-state index contributed by atoms with van der Waals surface area (Å²) >= 11 is 0. The Morgan fingerprint density at radius 2 is 1.97 bits per heavy atom. The van der Waals surface area contributed by atoms with Crippen LogP contribution in [0.2, 0.25) is 0 Å². The van der Waals surface area contributed by atoms with Crippen LogP contribution in [0, 0.1) is 0 Å². The number of para-hydroxylation sites is 1. The third-order valence-corrected chi connectivity index (χ3v) is 5.82. The van der Waals surface area contributed by atoms with Crippen LogP contribution in [0.15, 0.2) is 48.5 Å². The molecular weight excluding hydrogens is 382 g/mol. The lowest BCUT2D eigenvalue weighted by Crippen LogP contribution is -2.54. The van der Waals surface area contributed by atoms with E-state index in [0.29, 0.717) is 31.7 Å². The summed E-state index contributed by atoms with van der Waals surface area (Å²) in [6.07, 6.45) is 2.23. The molecule has 2 aromatic rings. The molecule has 1 saturated heterocycles. The number of hydrogen-bond donors (Lipinski definition) is 0. The monoisotopic (exact) mass is 409 g/mol. The van der Waals surface area contributed by atoms with E-state index in [2.05, 4.69) is 0 Å². The summed E-state index contributed by atoms with van der Waals surface area (Å²) in [4.78, 5) is 28.1. The molecule has 4 rings (SSSR count). The van der Waals surface area contributed by atoms with Crippen molar-refractivity contribution in [1.82, 2.24) is 4.90 Å². The van der Waals surface area contributed by atoms with Gasteiger partial charge in [-0.05, 0) is 37.5 Å². The Balaban J connectivity index is 1.62. The first-order valence-electron chi connectivity index (χ1n) is 10.3. The highest BCUT2D eigenvalue weighted by molar-refractivity contribution is 5.97. The highest BCUT2D eigenvalue weighted by Crippen LogP contribution is 2.31. The van der Waals surface area contributed by atoms with Gasteiger partial charge in [0, 0.05) is 31.7 Å². The molecule has 2 atom stereocenters. The molecule has 30 heavy (non-hydrogen) atoms. The molecule has 1 amide bonds. The second-order valence-corrected chi connectivity index (χ2v) is 8.09. The number of benzene rings is 2. The average molecular weight is 409 g/mol. The molecule has 2 aliphatic heterocycles. The number of amides is 1. The highest BCUT2D eigenvalue weighted by atomic mass is 16.6. The standard InChI is InChI=1S/C24H27NO5/c1-24(14-17-8-3-5-11-20(17)22(26)30-24)23(27)25(16-19-10-7-13-29-19)15-18-9-4-6-12-21(18)28-2/h3-6,8-9,11-12,19H,7,10,13-16H2,1-2H3. The van der Waals surface area contributed by atoms with Gasteiger partial charge in [-0.1, -0.05) is 36.4 Å². The van der Waals surface area contributed by atoms with Crippen molar-refractivity contribution in [3.63, 3.8) is 0 Å². The molecule has 6 nitrogen and oxygen atoms in total. The number of methoxy groups -OCH3 is 1. The largest absolute Gasteiger partial charge is 0.496 e. The predicted octanol–water partition coefficient (Wildman–Crippen LogP) is 3.37. The lowest BCUT2D eigenvalue weighted by molar-refractivity contribution is -0.153. The maximum Gasteiger partial charge on any atom is 0.339 e. The van der Waals surface area contributed by atoms with Crippen LogP contribution in [0.4, 0.5) is 0 Å². The van der Waals surface area contributed by atoms with Gasteiger partial charge in [0.05, 0.1) is 18.8 Å². The zero-order chi connectivity index (χ0) is 21.1. The van der Waals surface area contributed by atoms with E-state index in [-0.39, 0.29) is 12.0 Å². The number of esters is 1. The number of cyclic esters (lactones) is 1. The Bertz CT molecular complexity index is 937. The molecule has 0 N–H and O–H groups in total. The van der Waals surface area contributed by atoms with Crippen molar-refractivity contribution in [2.45, 2.75) is 44.4 Å². The van der Waals surface area contributed by atoms with Gasteiger partial charge in [0.2, 0.25) is 0 Å². The minimum absolute atomic E-state index is 0.0150. The summed E-state index contributed by atoms with van der Waals surface area (Å²) in [6.45, 7) is 3.22. The average Bonchev–Trinajstić information content (AvgIpc) is 3.26. The van der Waals surface area contributed by atoms with Crippen LogP contribution in [-0.2, 0) is 27.2 Å². The van der Waals surface area contributed by atoms with Crippen LogP contribution >= 0.6 is 0 Å². The Labute approximate surface area is 176 Å². The summed E-state index contributed by atoms with van der Waals surface area (Å²) in [5.41, 5.74) is 1.00. The van der Waals surface area contributed by atoms with Crippen molar-refractivity contribution in [1.29, 1.82) is 0 Å². The topological polar surface area (TPSA) is 65.1 Å². The van der Waals surface area contributed by atoms with Crippen molar-refractivity contribution >= 4 is 11.9 Å². The zero-order valence-electron chi connectivity index (χ0n) is 17.4. The lowest BCUT2D eigenvalue weighted by atomic mass is 9.88. The molecule has 6 heteroatoms. The predicted molar refractivity (Wildman–Crippen MR) is 111 cm³/mol. The number of hydrogen-bond acceptors (Lipinski definition) is 5. The first-order valence-corrected chi connectivity index (χ1v) is 10.3. The molecule has 1 fully saturated rings. The van der Waals surface area contributed by atoms with E-state index in [1.165, 1.54) is 0 Å². The van der Waals surface area contributed by atoms with Crippen LogP contribution in [-0.4, -0.2) is 48.7 Å². The number of ether oxygens (including phenoxy) is 3. The Kier molecular flexibility index (Phi) is 5.77. The van der Waals surface area contributed by atoms with E-state index in [0.717, 1.165) is 29.7 Å². The third kappa shape index (κ3) is 4.05. The van der Waals surface area contributed by atoms with E-state index < -0.39 is 11.6 Å². The van der Waals surface area contributed by atoms with Crippen LogP contribution in [0.5, 0.6) is 5.75 Å². The van der Waals surface area contributed by atoms with E-state index in [1.54, 1.807) is 31.1 Å². The second kappa shape index (κ2) is 8.48. The quantitative estimate of drug-likeness (QED) is 0.685. The van der Waals surface area contributed by atoms with Crippen molar-refractivity contribution in [2.24, 2.45) is 0 Å². The summed E-state index contributed by atoms with van der Waals surface area (Å²) < 4.78 is 17.0. The molecule has 0 radical (unpaired) electrons. The van der Waals surface area contributed by atoms with Crippen molar-refractivity contribution in [2.75, 3.05) is 20.3 Å². The van der Waals surface area contributed by atoms with Gasteiger partial charge in [0.1, 0.15) is 5.75 Å². The van der Waals surface area contributed by atoms with Gasteiger partial charge in [0.15, 0.2) is 5.60 Å². The molecule has 0 aromatic heterocycles. The van der Waals surface area contributed by atoms with Crippen molar-refractivity contribution in [3.8, 4) is 5.75 Å². The summed E-state index contributed by atoms with van der Waals surface area (Å²) in [5, 5.41) is 0. The Morgan fingerprint density at radius 3 is 2.73 bits per heavy atom. The van der Waals surface area contributed by atoms with E-state index in [1.807, 2.05) is 36.4 Å². The first kappa shape index (κ1) is 20.4. The first-order chi connectivity index (χ1) is 14.5. The number of carbonyl (C=O) groups is 2. The van der Waals surface area contributed by atoms with Gasteiger partial charge in [-0.25, -0.2) is 4.79 Å². The van der Waals surface area contributed by atoms with E-state index >= 15 is 0 Å². The second-order valence-electron chi connectivity index (χ2n) is 8.09. The zero-order valence-corrected chi connectivity index (χ0v) is 17.4. The molecule has 2 aliphatic rings. The van der Waals surface area contributed by atoms with E-state index in [4.69, 9.17) is 14.2 Å². The fourth-order valence-corrected chi connectivity index (χ4v) is 4.28. The molecule has 2 unspecified atom stereocenters. The molecule has 158 valence electrons. The molecule has 2 heterocycles. The van der Waals surface area contributed by atoms with Gasteiger partial charge in [-0.15, -0.1) is 0 Å². The fourth-order valence-electron chi connectivity index (χ4n) is 4.28. The van der Waals surface area contributed by atoms with Gasteiger partial charge in [-0.2, -0.15) is 0 Å². The summed E-state index contributed by atoms with van der Waals surface area (Å²) in [7, 11) is 1.62. The maximum atomic E-state index is 13.7. The van der Waals surface area contributed by atoms with Crippen LogP contribution in [0.25, 0.3) is 0 Å². The summed E-state index contributed by atoms with van der Waals surface area (Å²) in [6, 6.07) is 14.9. The minimum atomic E-state index is -1.26. The van der Waals surface area contributed by atoms with Crippen LogP contribution in [0.3, 0.4) is 0 Å². The Morgan fingerprint density at radius 1 is 1.20 bits per heavy atom. The molecular formula is C24H27NO5. The smallest absolute Gasteiger partial charge is 0.339 e. The van der Waals surface area contributed by atoms with Gasteiger partial charge in [-0.3, -0.25) is 4.79 Å². The molecule has 0 saturated carbocycles. The molecule has 2 aromatic carbocycles. The number of nitrogens with zero attached hydrogens (tertiary/aromatic N) is 1. The van der Waals surface area contributed by atoms with Crippen LogP contribution < -0.4 is 4.74 Å². The van der Waals surface area contributed by atoms with Crippen molar-refractivity contribution in [3.05, 3.63) is 65.2 Å². The molecule has 0 spiro atoms. The van der Waals surface area contributed by atoms with Crippen LogP contribution in [0.1, 0.15) is 41.3 Å². The number of rotatable bonds is 6. The van der Waals surface area contributed by atoms with E-state index in [9.17, 15) is 9.59 Å². The maximum absolute atomic E-state index is 13.7. The highest BCUT2D eigenvalue weighted by Gasteiger charge is 2.45. The van der Waals surface area contributed by atoms with Gasteiger partial charge >= 0.3 is 5.97 Å². The van der Waals surface area contributed by atoms with Gasteiger partial charge in [0.25, 0.3) is 5.91 Å². The molecule has 0 bridgehead atoms. The third-order valence-electron chi connectivity index (χ3n) is 5.82. The van der Waals surface area contributed by atoms with Crippen molar-refractivity contribution < 1.29 is 23.8 Å².